The van der Waals surface area contributed by atoms with Gasteiger partial charge in [0.15, 0.2) is 0 Å². The summed E-state index contributed by atoms with van der Waals surface area (Å²) < 4.78 is 5.42. The average molecular weight is 244 g/mol. The zero-order chi connectivity index (χ0) is 12.8. The van der Waals surface area contributed by atoms with Gasteiger partial charge in [-0.25, -0.2) is 0 Å². The van der Waals surface area contributed by atoms with E-state index in [1.54, 1.807) is 0 Å². The van der Waals surface area contributed by atoms with Gasteiger partial charge < -0.3 is 10.5 Å². The van der Waals surface area contributed by atoms with Gasteiger partial charge in [0.1, 0.15) is 0 Å². The lowest BCUT2D eigenvalue weighted by Gasteiger charge is -2.23. The Labute approximate surface area is 109 Å². The largest absolute Gasteiger partial charge is 0.380 e. The third-order valence-electron chi connectivity index (χ3n) is 3.29. The molecule has 0 bridgehead atoms. The fourth-order valence-corrected chi connectivity index (χ4v) is 2.19. The lowest BCUT2D eigenvalue weighted by Crippen LogP contribution is -2.31. The van der Waals surface area contributed by atoms with Crippen molar-refractivity contribution >= 4 is 0 Å². The Hall–Kier alpha value is -1.34. The molecule has 1 aromatic rings. The molecule has 1 heterocycles. The summed E-state index contributed by atoms with van der Waals surface area (Å²) in [5.74, 6) is 6.06. The van der Waals surface area contributed by atoms with Crippen LogP contribution in [0.4, 0.5) is 0 Å². The summed E-state index contributed by atoms with van der Waals surface area (Å²) in [5, 5.41) is 0. The summed E-state index contributed by atoms with van der Waals surface area (Å²) in [6, 6.07) is 8.79. The van der Waals surface area contributed by atoms with Crippen LogP contribution in [0.2, 0.25) is 0 Å². The number of nitrogens with two attached hydrogens (primary N) is 1. The van der Waals surface area contributed by atoms with E-state index in [0.717, 1.165) is 31.7 Å². The van der Waals surface area contributed by atoms with Crippen molar-refractivity contribution in [3.8, 4) is 11.8 Å². The smallest absolute Gasteiger partial charge is 0.0622 e. The average Bonchev–Trinajstić information content (AvgIpc) is 2.91. The molecule has 3 nitrogen and oxygen atoms in total. The summed E-state index contributed by atoms with van der Waals surface area (Å²) >= 11 is 0. The van der Waals surface area contributed by atoms with E-state index >= 15 is 0 Å². The highest BCUT2D eigenvalue weighted by Gasteiger charge is 2.20. The summed E-state index contributed by atoms with van der Waals surface area (Å²) in [6.07, 6.45) is 1.12. The summed E-state index contributed by atoms with van der Waals surface area (Å²) in [7, 11) is 2.15. The van der Waals surface area contributed by atoms with Gasteiger partial charge in [0.05, 0.1) is 13.2 Å². The number of hydrogen-bond acceptors (Lipinski definition) is 3. The van der Waals surface area contributed by atoms with E-state index in [1.807, 2.05) is 6.07 Å². The predicted octanol–water partition coefficient (Wildman–Crippen LogP) is 1.22. The molecule has 0 aliphatic carbocycles. The van der Waals surface area contributed by atoms with Gasteiger partial charge in [-0.15, -0.1) is 0 Å². The zero-order valence-corrected chi connectivity index (χ0v) is 10.9. The Morgan fingerprint density at radius 2 is 2.28 bits per heavy atom. The van der Waals surface area contributed by atoms with Crippen LogP contribution in [0.15, 0.2) is 24.3 Å². The second-order valence-electron chi connectivity index (χ2n) is 4.60. The second kappa shape index (κ2) is 6.55. The number of likely N-dealkylation sites (N-methyl/N-ethyl adjacent to an activating group) is 1. The second-order valence-corrected chi connectivity index (χ2v) is 4.60. The van der Waals surface area contributed by atoms with E-state index < -0.39 is 0 Å². The van der Waals surface area contributed by atoms with Crippen LogP contribution >= 0.6 is 0 Å². The lowest BCUT2D eigenvalue weighted by molar-refractivity contribution is 0.156. The highest BCUT2D eigenvalue weighted by Crippen LogP contribution is 2.16. The minimum Gasteiger partial charge on any atom is -0.380 e. The number of nitrogens with zero attached hydrogens (tertiary/aromatic N) is 1. The van der Waals surface area contributed by atoms with Crippen LogP contribution in [-0.4, -0.2) is 37.7 Å². The maximum Gasteiger partial charge on any atom is 0.0622 e. The van der Waals surface area contributed by atoms with Gasteiger partial charge in [0, 0.05) is 24.8 Å². The Morgan fingerprint density at radius 1 is 1.44 bits per heavy atom. The first-order chi connectivity index (χ1) is 8.81. The molecule has 1 aliphatic rings. The molecule has 1 fully saturated rings. The van der Waals surface area contributed by atoms with Crippen molar-refractivity contribution in [2.24, 2.45) is 5.73 Å². The maximum absolute atomic E-state index is 5.43. The molecule has 0 amide bonds. The monoisotopic (exact) mass is 244 g/mol. The molecule has 1 unspecified atom stereocenters. The zero-order valence-electron chi connectivity index (χ0n) is 10.9. The van der Waals surface area contributed by atoms with Crippen LogP contribution in [0.5, 0.6) is 0 Å². The molecule has 18 heavy (non-hydrogen) atoms. The van der Waals surface area contributed by atoms with E-state index in [2.05, 4.69) is 42.0 Å². The van der Waals surface area contributed by atoms with Crippen LogP contribution in [-0.2, 0) is 11.3 Å². The fraction of sp³-hybridized carbons (Fsp3) is 0.467. The van der Waals surface area contributed by atoms with Gasteiger partial charge in [-0.3, -0.25) is 4.90 Å². The van der Waals surface area contributed by atoms with Gasteiger partial charge in [0.2, 0.25) is 0 Å². The Kier molecular flexibility index (Phi) is 4.77. The van der Waals surface area contributed by atoms with E-state index in [9.17, 15) is 0 Å². The van der Waals surface area contributed by atoms with Crippen molar-refractivity contribution in [1.29, 1.82) is 0 Å². The molecule has 3 heteroatoms. The number of benzene rings is 1. The van der Waals surface area contributed by atoms with Crippen LogP contribution < -0.4 is 5.73 Å². The highest BCUT2D eigenvalue weighted by atomic mass is 16.5. The number of hydrogen-bond donors (Lipinski definition) is 1. The first-order valence-electron chi connectivity index (χ1n) is 6.36. The maximum atomic E-state index is 5.43. The first kappa shape index (κ1) is 13.1. The van der Waals surface area contributed by atoms with Crippen molar-refractivity contribution < 1.29 is 4.74 Å². The minimum atomic E-state index is 0.403. The first-order valence-corrected chi connectivity index (χ1v) is 6.36. The molecule has 2 rings (SSSR count). The van der Waals surface area contributed by atoms with E-state index in [4.69, 9.17) is 10.5 Å². The molecule has 0 spiro atoms. The SMILES string of the molecule is CN(Cc1ccccc1C#CCN)C1CCOC1. The molecule has 1 aromatic carbocycles. The Balaban J connectivity index is 2.07. The van der Waals surface area contributed by atoms with Crippen molar-refractivity contribution in [1.82, 2.24) is 4.90 Å². The topological polar surface area (TPSA) is 38.5 Å². The normalized spacial score (nSPS) is 18.7. The van der Waals surface area contributed by atoms with Gasteiger partial charge in [-0.2, -0.15) is 0 Å². The van der Waals surface area contributed by atoms with Crippen LogP contribution in [0.1, 0.15) is 17.5 Å². The fourth-order valence-electron chi connectivity index (χ4n) is 2.19. The molecule has 0 aromatic heterocycles. The van der Waals surface area contributed by atoms with Crippen molar-refractivity contribution in [3.63, 3.8) is 0 Å². The van der Waals surface area contributed by atoms with E-state index in [0.29, 0.717) is 12.6 Å². The quantitative estimate of drug-likeness (QED) is 0.812. The molecule has 1 aliphatic heterocycles. The summed E-state index contributed by atoms with van der Waals surface area (Å²) in [6.45, 7) is 3.03. The third kappa shape index (κ3) is 3.33. The van der Waals surface area contributed by atoms with Gasteiger partial charge in [-0.05, 0) is 25.1 Å². The molecule has 0 radical (unpaired) electrons. The molecule has 1 saturated heterocycles. The van der Waals surface area contributed by atoms with Crippen LogP contribution in [0.25, 0.3) is 0 Å². The van der Waals surface area contributed by atoms with E-state index in [1.165, 1.54) is 5.56 Å². The summed E-state index contributed by atoms with van der Waals surface area (Å²) in [5.41, 5.74) is 7.76. The minimum absolute atomic E-state index is 0.403. The Bertz CT molecular complexity index is 441. The molecular weight excluding hydrogens is 224 g/mol. The standard InChI is InChI=1S/C15H20N2O/c1-17(15-8-10-18-12-15)11-14-6-3-2-5-13(14)7-4-9-16/h2-3,5-6,15H,8-12,16H2,1H3. The van der Waals surface area contributed by atoms with E-state index in [-0.39, 0.29) is 0 Å². The van der Waals surface area contributed by atoms with Gasteiger partial charge in [-0.1, -0.05) is 30.0 Å². The molecule has 2 N–H and O–H groups in total. The number of rotatable bonds is 3. The van der Waals surface area contributed by atoms with Gasteiger partial charge >= 0.3 is 0 Å². The third-order valence-corrected chi connectivity index (χ3v) is 3.29. The van der Waals surface area contributed by atoms with Crippen LogP contribution in [0.3, 0.4) is 0 Å². The molecule has 1 atom stereocenters. The Morgan fingerprint density at radius 3 is 3.00 bits per heavy atom. The number of ether oxygens (including phenoxy) is 1. The lowest BCUT2D eigenvalue weighted by atomic mass is 10.1. The van der Waals surface area contributed by atoms with Crippen LogP contribution in [0, 0.1) is 11.8 Å². The summed E-state index contributed by atoms with van der Waals surface area (Å²) in [4.78, 5) is 2.34. The predicted molar refractivity (Wildman–Crippen MR) is 73.1 cm³/mol. The highest BCUT2D eigenvalue weighted by molar-refractivity contribution is 5.41. The van der Waals surface area contributed by atoms with Crippen molar-refractivity contribution in [2.45, 2.75) is 19.0 Å². The molecule has 96 valence electrons. The van der Waals surface area contributed by atoms with Crippen molar-refractivity contribution in [2.75, 3.05) is 26.8 Å². The van der Waals surface area contributed by atoms with Gasteiger partial charge in [0.25, 0.3) is 0 Å². The van der Waals surface area contributed by atoms with Crippen molar-refractivity contribution in [3.05, 3.63) is 35.4 Å². The molecule has 0 saturated carbocycles. The molecular formula is C15H20N2O.